The van der Waals surface area contributed by atoms with Crippen LogP contribution in [0, 0.1) is 0 Å². The van der Waals surface area contributed by atoms with E-state index in [4.69, 9.17) is 11.6 Å². The van der Waals surface area contributed by atoms with Gasteiger partial charge in [0, 0.05) is 23.8 Å². The minimum atomic E-state index is -1.12. The maximum absolute atomic E-state index is 11.5. The first-order valence-corrected chi connectivity index (χ1v) is 6.69. The van der Waals surface area contributed by atoms with E-state index < -0.39 is 12.0 Å². The van der Waals surface area contributed by atoms with Crippen LogP contribution in [0.4, 0.5) is 11.4 Å². The molecule has 2 aliphatic rings. The lowest BCUT2D eigenvalue weighted by Crippen LogP contribution is -2.25. The highest BCUT2D eigenvalue weighted by Crippen LogP contribution is 2.42. The van der Waals surface area contributed by atoms with E-state index in [9.17, 15) is 9.90 Å². The SMILES string of the molecule is C=CCN(c1cc2c(cc1Cl)C(O)C(=O)N2)C1CC1. The van der Waals surface area contributed by atoms with Crippen LogP contribution in [0.2, 0.25) is 5.02 Å². The number of anilines is 2. The van der Waals surface area contributed by atoms with Gasteiger partial charge in [-0.05, 0) is 25.0 Å². The molecule has 1 heterocycles. The summed E-state index contributed by atoms with van der Waals surface area (Å²) in [4.78, 5) is 13.6. The van der Waals surface area contributed by atoms with E-state index in [1.54, 1.807) is 6.07 Å². The summed E-state index contributed by atoms with van der Waals surface area (Å²) in [6, 6.07) is 4.01. The lowest BCUT2D eigenvalue weighted by Gasteiger charge is -2.25. The van der Waals surface area contributed by atoms with Crippen molar-refractivity contribution >= 4 is 28.9 Å². The molecule has 5 heteroatoms. The summed E-state index contributed by atoms with van der Waals surface area (Å²) in [5.74, 6) is -0.398. The van der Waals surface area contributed by atoms with Gasteiger partial charge in [-0.3, -0.25) is 4.79 Å². The predicted octanol–water partition coefficient (Wildman–Crippen LogP) is 2.48. The molecule has 0 bridgehead atoms. The number of benzene rings is 1. The molecular weight excluding hydrogens is 264 g/mol. The van der Waals surface area contributed by atoms with Crippen LogP contribution in [0.5, 0.6) is 0 Å². The highest BCUT2D eigenvalue weighted by atomic mass is 35.5. The summed E-state index contributed by atoms with van der Waals surface area (Å²) < 4.78 is 0. The van der Waals surface area contributed by atoms with Gasteiger partial charge in [0.2, 0.25) is 0 Å². The Morgan fingerprint density at radius 2 is 2.26 bits per heavy atom. The molecule has 1 unspecified atom stereocenters. The van der Waals surface area contributed by atoms with E-state index in [0.717, 1.165) is 25.1 Å². The van der Waals surface area contributed by atoms with Gasteiger partial charge in [0.15, 0.2) is 6.10 Å². The zero-order valence-corrected chi connectivity index (χ0v) is 11.2. The quantitative estimate of drug-likeness (QED) is 0.832. The van der Waals surface area contributed by atoms with Crippen LogP contribution in [0.1, 0.15) is 24.5 Å². The molecule has 1 aliphatic heterocycles. The molecule has 1 aromatic rings. The van der Waals surface area contributed by atoms with Gasteiger partial charge in [0.05, 0.1) is 10.7 Å². The first-order chi connectivity index (χ1) is 9.11. The number of amides is 1. The van der Waals surface area contributed by atoms with Gasteiger partial charge >= 0.3 is 0 Å². The molecule has 0 aromatic heterocycles. The summed E-state index contributed by atoms with van der Waals surface area (Å²) in [6.45, 7) is 4.49. The smallest absolute Gasteiger partial charge is 0.257 e. The second-order valence-corrected chi connectivity index (χ2v) is 5.36. The van der Waals surface area contributed by atoms with E-state index in [1.165, 1.54) is 0 Å². The number of rotatable bonds is 4. The topological polar surface area (TPSA) is 52.6 Å². The molecule has 1 amide bonds. The Kier molecular flexibility index (Phi) is 2.99. The number of fused-ring (bicyclic) bond motifs is 1. The second-order valence-electron chi connectivity index (χ2n) is 4.95. The first kappa shape index (κ1) is 12.5. The van der Waals surface area contributed by atoms with Crippen LogP contribution in [0.15, 0.2) is 24.8 Å². The third-order valence-electron chi connectivity index (χ3n) is 3.54. The molecule has 19 heavy (non-hydrogen) atoms. The standard InChI is InChI=1S/C14H15ClN2O2/c1-2-5-17(8-3-4-8)12-7-11-9(6-10(12)15)13(18)14(19)16-11/h2,6-8,13,18H,1,3-5H2,(H,16,19). The summed E-state index contributed by atoms with van der Waals surface area (Å²) in [7, 11) is 0. The summed E-state index contributed by atoms with van der Waals surface area (Å²) >= 11 is 6.30. The number of carbonyl (C=O) groups excluding carboxylic acids is 1. The highest BCUT2D eigenvalue weighted by Gasteiger charge is 2.33. The van der Waals surface area contributed by atoms with Gasteiger partial charge in [-0.15, -0.1) is 6.58 Å². The minimum Gasteiger partial charge on any atom is -0.378 e. The van der Waals surface area contributed by atoms with Gasteiger partial charge in [-0.2, -0.15) is 0 Å². The van der Waals surface area contributed by atoms with Gasteiger partial charge in [-0.1, -0.05) is 17.7 Å². The maximum Gasteiger partial charge on any atom is 0.257 e. The molecule has 1 fully saturated rings. The van der Waals surface area contributed by atoms with Gasteiger partial charge in [-0.25, -0.2) is 0 Å². The molecule has 2 N–H and O–H groups in total. The average Bonchev–Trinajstić information content (AvgIpc) is 3.17. The first-order valence-electron chi connectivity index (χ1n) is 6.31. The van der Waals surface area contributed by atoms with Crippen molar-refractivity contribution in [3.05, 3.63) is 35.4 Å². The van der Waals surface area contributed by atoms with E-state index in [0.29, 0.717) is 22.3 Å². The Morgan fingerprint density at radius 1 is 1.53 bits per heavy atom. The van der Waals surface area contributed by atoms with Crippen LogP contribution in [-0.4, -0.2) is 23.6 Å². The van der Waals surface area contributed by atoms with Crippen molar-refractivity contribution in [3.8, 4) is 0 Å². The Labute approximate surface area is 116 Å². The number of hydrogen-bond donors (Lipinski definition) is 2. The zero-order chi connectivity index (χ0) is 13.6. The van der Waals surface area contributed by atoms with Crippen molar-refractivity contribution < 1.29 is 9.90 Å². The van der Waals surface area contributed by atoms with E-state index in [1.807, 2.05) is 12.1 Å². The largest absolute Gasteiger partial charge is 0.378 e. The predicted molar refractivity (Wildman–Crippen MR) is 75.6 cm³/mol. The van der Waals surface area contributed by atoms with Gasteiger partial charge in [0.1, 0.15) is 0 Å². The van der Waals surface area contributed by atoms with Crippen molar-refractivity contribution in [1.29, 1.82) is 0 Å². The summed E-state index contributed by atoms with van der Waals surface area (Å²) in [5.41, 5.74) is 2.08. The third kappa shape index (κ3) is 2.11. The third-order valence-corrected chi connectivity index (χ3v) is 3.85. The zero-order valence-electron chi connectivity index (χ0n) is 10.4. The van der Waals surface area contributed by atoms with Crippen molar-refractivity contribution in [2.24, 2.45) is 0 Å². The summed E-state index contributed by atoms with van der Waals surface area (Å²) in [5, 5.41) is 13.0. The van der Waals surface area contributed by atoms with Gasteiger partial charge < -0.3 is 15.3 Å². The lowest BCUT2D eigenvalue weighted by molar-refractivity contribution is -0.123. The number of carbonyl (C=O) groups is 1. The Bertz CT molecular complexity index is 555. The number of aliphatic hydroxyl groups excluding tert-OH is 1. The fourth-order valence-electron chi connectivity index (χ4n) is 2.44. The van der Waals surface area contributed by atoms with E-state index in [-0.39, 0.29) is 0 Å². The van der Waals surface area contributed by atoms with Crippen LogP contribution >= 0.6 is 11.6 Å². The van der Waals surface area contributed by atoms with Crippen molar-refractivity contribution in [3.63, 3.8) is 0 Å². The van der Waals surface area contributed by atoms with E-state index >= 15 is 0 Å². The molecule has 3 rings (SSSR count). The number of hydrogen-bond acceptors (Lipinski definition) is 3. The fraction of sp³-hybridized carbons (Fsp3) is 0.357. The van der Waals surface area contributed by atoms with Crippen LogP contribution in [-0.2, 0) is 4.79 Å². The molecule has 1 atom stereocenters. The maximum atomic E-state index is 11.5. The number of nitrogens with zero attached hydrogens (tertiary/aromatic N) is 1. The van der Waals surface area contributed by atoms with Crippen LogP contribution in [0.25, 0.3) is 0 Å². The Hall–Kier alpha value is -1.52. The molecule has 1 aliphatic carbocycles. The molecule has 0 radical (unpaired) electrons. The molecule has 100 valence electrons. The molecule has 1 saturated carbocycles. The summed E-state index contributed by atoms with van der Waals surface area (Å²) in [6.07, 6.45) is 3.03. The van der Waals surface area contributed by atoms with Crippen LogP contribution < -0.4 is 10.2 Å². The average molecular weight is 279 g/mol. The normalized spacial score (nSPS) is 20.9. The number of nitrogens with one attached hydrogen (secondary N) is 1. The van der Waals surface area contributed by atoms with Crippen molar-refractivity contribution in [1.82, 2.24) is 0 Å². The van der Waals surface area contributed by atoms with E-state index in [2.05, 4.69) is 16.8 Å². The van der Waals surface area contributed by atoms with Crippen molar-refractivity contribution in [2.45, 2.75) is 25.0 Å². The second kappa shape index (κ2) is 4.54. The van der Waals surface area contributed by atoms with Crippen LogP contribution in [0.3, 0.4) is 0 Å². The number of halogens is 1. The van der Waals surface area contributed by atoms with Crippen molar-refractivity contribution in [2.75, 3.05) is 16.8 Å². The molecule has 1 aromatic carbocycles. The Balaban J connectivity index is 2.01. The molecule has 0 saturated heterocycles. The molecular formula is C14H15ClN2O2. The minimum absolute atomic E-state index is 0.398. The monoisotopic (exact) mass is 278 g/mol. The fourth-order valence-corrected chi connectivity index (χ4v) is 2.72. The molecule has 0 spiro atoms. The van der Waals surface area contributed by atoms with Gasteiger partial charge in [0.25, 0.3) is 5.91 Å². The lowest BCUT2D eigenvalue weighted by atomic mass is 10.1. The highest BCUT2D eigenvalue weighted by molar-refractivity contribution is 6.33. The number of aliphatic hydroxyl groups is 1. The molecule has 4 nitrogen and oxygen atoms in total. The Morgan fingerprint density at radius 3 is 2.89 bits per heavy atom.